The molecule has 100 valence electrons. The molecule has 1 saturated heterocycles. The fourth-order valence-corrected chi connectivity index (χ4v) is 2.87. The van der Waals surface area contributed by atoms with E-state index in [9.17, 15) is 9.59 Å². The van der Waals surface area contributed by atoms with Crippen molar-refractivity contribution in [3.8, 4) is 0 Å². The Hall–Kier alpha value is -1.84. The second kappa shape index (κ2) is 5.03. The molecule has 0 aromatic heterocycles. The minimum Gasteiger partial charge on any atom is -0.333 e. The molecular formula is C15H18N2O2. The molecule has 1 aromatic carbocycles. The molecule has 0 aliphatic carbocycles. The minimum absolute atomic E-state index is 0.0419. The Morgan fingerprint density at radius 1 is 1.11 bits per heavy atom. The van der Waals surface area contributed by atoms with E-state index in [4.69, 9.17) is 0 Å². The van der Waals surface area contributed by atoms with Crippen molar-refractivity contribution in [1.82, 2.24) is 4.90 Å². The van der Waals surface area contributed by atoms with Crippen LogP contribution in [0.15, 0.2) is 24.3 Å². The molecule has 3 rings (SSSR count). The van der Waals surface area contributed by atoms with Gasteiger partial charge in [0.25, 0.3) is 0 Å². The molecule has 0 unspecified atom stereocenters. The first-order chi connectivity index (χ1) is 9.25. The summed E-state index contributed by atoms with van der Waals surface area (Å²) in [5, 5.41) is 0. The molecule has 0 spiro atoms. The molecule has 2 amide bonds. The van der Waals surface area contributed by atoms with E-state index in [1.165, 1.54) is 5.56 Å². The van der Waals surface area contributed by atoms with Crippen molar-refractivity contribution in [2.45, 2.75) is 25.7 Å². The highest BCUT2D eigenvalue weighted by atomic mass is 16.2. The van der Waals surface area contributed by atoms with Gasteiger partial charge in [-0.2, -0.15) is 0 Å². The van der Waals surface area contributed by atoms with Gasteiger partial charge in [0.2, 0.25) is 11.8 Å². The number of fused-ring (bicyclic) bond motifs is 1. The smallest absolute Gasteiger partial charge is 0.246 e. The number of hydrogen-bond acceptors (Lipinski definition) is 2. The number of anilines is 1. The maximum Gasteiger partial charge on any atom is 0.246 e. The average molecular weight is 258 g/mol. The number of benzene rings is 1. The summed E-state index contributed by atoms with van der Waals surface area (Å²) >= 11 is 0. The molecule has 2 aliphatic heterocycles. The van der Waals surface area contributed by atoms with Crippen molar-refractivity contribution in [2.75, 3.05) is 24.5 Å². The van der Waals surface area contributed by atoms with E-state index in [2.05, 4.69) is 6.07 Å². The van der Waals surface area contributed by atoms with Gasteiger partial charge in [-0.25, -0.2) is 0 Å². The standard InChI is InChI=1S/C15H18N2O2/c18-14-7-3-4-9-16(14)11-15(19)17-10-8-12-5-1-2-6-13(12)17/h1-2,5-6H,3-4,7-11H2. The largest absolute Gasteiger partial charge is 0.333 e. The van der Waals surface area contributed by atoms with E-state index in [-0.39, 0.29) is 18.4 Å². The van der Waals surface area contributed by atoms with Crippen LogP contribution in [0.1, 0.15) is 24.8 Å². The quantitative estimate of drug-likeness (QED) is 0.808. The number of rotatable bonds is 2. The number of carbonyl (C=O) groups excluding carboxylic acids is 2. The van der Waals surface area contributed by atoms with Crippen molar-refractivity contribution in [2.24, 2.45) is 0 Å². The molecule has 0 saturated carbocycles. The van der Waals surface area contributed by atoms with Gasteiger partial charge in [0, 0.05) is 25.2 Å². The Morgan fingerprint density at radius 3 is 2.79 bits per heavy atom. The molecule has 4 nitrogen and oxygen atoms in total. The molecule has 2 heterocycles. The minimum atomic E-state index is 0.0419. The van der Waals surface area contributed by atoms with Crippen LogP contribution in [0.25, 0.3) is 0 Å². The van der Waals surface area contributed by atoms with E-state index in [0.29, 0.717) is 6.42 Å². The van der Waals surface area contributed by atoms with Crippen molar-refractivity contribution in [1.29, 1.82) is 0 Å². The summed E-state index contributed by atoms with van der Waals surface area (Å²) in [5.41, 5.74) is 2.23. The zero-order chi connectivity index (χ0) is 13.2. The monoisotopic (exact) mass is 258 g/mol. The number of amides is 2. The fourth-order valence-electron chi connectivity index (χ4n) is 2.87. The van der Waals surface area contributed by atoms with Gasteiger partial charge in [0.05, 0.1) is 0 Å². The number of carbonyl (C=O) groups is 2. The summed E-state index contributed by atoms with van der Waals surface area (Å²) in [7, 11) is 0. The number of hydrogen-bond donors (Lipinski definition) is 0. The van der Waals surface area contributed by atoms with Gasteiger partial charge in [-0.1, -0.05) is 18.2 Å². The van der Waals surface area contributed by atoms with Crippen molar-refractivity contribution < 1.29 is 9.59 Å². The normalized spacial score (nSPS) is 18.6. The SMILES string of the molecule is O=C1CCCCN1CC(=O)N1CCc2ccccc21. The highest BCUT2D eigenvalue weighted by Gasteiger charge is 2.27. The first-order valence-corrected chi connectivity index (χ1v) is 6.92. The first kappa shape index (κ1) is 12.2. The predicted molar refractivity (Wildman–Crippen MR) is 72.9 cm³/mol. The third kappa shape index (κ3) is 2.35. The van der Waals surface area contributed by atoms with Crippen LogP contribution >= 0.6 is 0 Å². The predicted octanol–water partition coefficient (Wildman–Crippen LogP) is 1.59. The fraction of sp³-hybridized carbons (Fsp3) is 0.467. The molecule has 2 aliphatic rings. The molecule has 0 radical (unpaired) electrons. The third-order valence-corrected chi connectivity index (χ3v) is 3.94. The van der Waals surface area contributed by atoms with E-state index < -0.39 is 0 Å². The first-order valence-electron chi connectivity index (χ1n) is 6.92. The van der Waals surface area contributed by atoms with E-state index in [0.717, 1.165) is 38.0 Å². The van der Waals surface area contributed by atoms with Crippen LogP contribution in [0.3, 0.4) is 0 Å². The average Bonchev–Trinajstić information content (AvgIpc) is 2.85. The lowest BCUT2D eigenvalue weighted by Gasteiger charge is -2.28. The molecule has 0 atom stereocenters. The second-order valence-corrected chi connectivity index (χ2v) is 5.20. The van der Waals surface area contributed by atoms with E-state index in [1.54, 1.807) is 4.90 Å². The zero-order valence-corrected chi connectivity index (χ0v) is 11.0. The van der Waals surface area contributed by atoms with Crippen molar-refractivity contribution in [3.05, 3.63) is 29.8 Å². The van der Waals surface area contributed by atoms with Crippen molar-refractivity contribution >= 4 is 17.5 Å². The molecule has 0 bridgehead atoms. The number of likely N-dealkylation sites (tertiary alicyclic amines) is 1. The van der Waals surface area contributed by atoms with Gasteiger partial charge < -0.3 is 9.80 Å². The van der Waals surface area contributed by atoms with Gasteiger partial charge in [-0.05, 0) is 30.9 Å². The Morgan fingerprint density at radius 2 is 1.95 bits per heavy atom. The summed E-state index contributed by atoms with van der Waals surface area (Å²) in [6, 6.07) is 8.00. The lowest BCUT2D eigenvalue weighted by molar-refractivity contribution is -0.137. The summed E-state index contributed by atoms with van der Waals surface area (Å²) < 4.78 is 0. The molecule has 1 fully saturated rings. The molecule has 19 heavy (non-hydrogen) atoms. The summed E-state index contributed by atoms with van der Waals surface area (Å²) in [6.45, 7) is 1.69. The summed E-state index contributed by atoms with van der Waals surface area (Å²) in [6.07, 6.45) is 3.46. The van der Waals surface area contributed by atoms with E-state index >= 15 is 0 Å². The van der Waals surface area contributed by atoms with Gasteiger partial charge in [-0.3, -0.25) is 9.59 Å². The lowest BCUT2D eigenvalue weighted by atomic mass is 10.1. The second-order valence-electron chi connectivity index (χ2n) is 5.20. The summed E-state index contributed by atoms with van der Waals surface area (Å²) in [4.78, 5) is 27.6. The molecule has 1 aromatic rings. The van der Waals surface area contributed by atoms with Crippen LogP contribution in [-0.4, -0.2) is 36.3 Å². The lowest BCUT2D eigenvalue weighted by Crippen LogP contribution is -2.44. The van der Waals surface area contributed by atoms with Crippen LogP contribution in [0.2, 0.25) is 0 Å². The Bertz CT molecular complexity index is 513. The molecule has 0 N–H and O–H groups in total. The van der Waals surface area contributed by atoms with Gasteiger partial charge in [0.1, 0.15) is 6.54 Å². The van der Waals surface area contributed by atoms with Gasteiger partial charge in [-0.15, -0.1) is 0 Å². The zero-order valence-electron chi connectivity index (χ0n) is 11.0. The Labute approximate surface area is 113 Å². The van der Waals surface area contributed by atoms with Gasteiger partial charge >= 0.3 is 0 Å². The van der Waals surface area contributed by atoms with Crippen molar-refractivity contribution in [3.63, 3.8) is 0 Å². The van der Waals surface area contributed by atoms with Crippen LogP contribution in [0.5, 0.6) is 0 Å². The van der Waals surface area contributed by atoms with Gasteiger partial charge in [0.15, 0.2) is 0 Å². The van der Waals surface area contributed by atoms with Crippen LogP contribution < -0.4 is 4.90 Å². The number of piperidine rings is 1. The Kier molecular flexibility index (Phi) is 3.23. The maximum atomic E-state index is 12.4. The van der Waals surface area contributed by atoms with Crippen LogP contribution in [0.4, 0.5) is 5.69 Å². The highest BCUT2D eigenvalue weighted by Crippen LogP contribution is 2.27. The number of nitrogens with zero attached hydrogens (tertiary/aromatic N) is 2. The maximum absolute atomic E-state index is 12.4. The summed E-state index contributed by atoms with van der Waals surface area (Å²) in [5.74, 6) is 0.160. The third-order valence-electron chi connectivity index (χ3n) is 3.94. The Balaban J connectivity index is 1.70. The topological polar surface area (TPSA) is 40.6 Å². The van der Waals surface area contributed by atoms with Crippen LogP contribution in [-0.2, 0) is 16.0 Å². The molecule has 4 heteroatoms. The number of para-hydroxylation sites is 1. The van der Waals surface area contributed by atoms with Crippen LogP contribution in [0, 0.1) is 0 Å². The highest BCUT2D eigenvalue weighted by molar-refractivity contribution is 5.98. The molecular weight excluding hydrogens is 240 g/mol. The van der Waals surface area contributed by atoms with E-state index in [1.807, 2.05) is 23.1 Å².